The van der Waals surface area contributed by atoms with Crippen LogP contribution in [0.15, 0.2) is 11.6 Å². The summed E-state index contributed by atoms with van der Waals surface area (Å²) in [5.41, 5.74) is 0.535. The highest BCUT2D eigenvalue weighted by molar-refractivity contribution is 5.68. The second kappa shape index (κ2) is 5.02. The van der Waals surface area contributed by atoms with Crippen LogP contribution in [0, 0.1) is 11.3 Å². The molecule has 88 valence electrons. The van der Waals surface area contributed by atoms with E-state index in [0.717, 1.165) is 18.4 Å². The molecule has 0 spiro atoms. The van der Waals surface area contributed by atoms with Gasteiger partial charge in [-0.05, 0) is 39.2 Å². The lowest BCUT2D eigenvalue weighted by molar-refractivity contribution is 0.0247. The Labute approximate surface area is 96.5 Å². The Morgan fingerprint density at radius 1 is 1.56 bits per heavy atom. The molecule has 1 aliphatic heterocycles. The van der Waals surface area contributed by atoms with Crippen LogP contribution in [0.25, 0.3) is 0 Å². The molecule has 1 fully saturated rings. The average molecular weight is 222 g/mol. The largest absolute Gasteiger partial charge is 0.444 e. The van der Waals surface area contributed by atoms with E-state index >= 15 is 0 Å². The Balaban J connectivity index is 2.58. The van der Waals surface area contributed by atoms with Crippen molar-refractivity contribution in [3.63, 3.8) is 0 Å². The van der Waals surface area contributed by atoms with Crippen molar-refractivity contribution in [1.29, 1.82) is 5.26 Å². The van der Waals surface area contributed by atoms with Gasteiger partial charge in [-0.3, -0.25) is 0 Å². The molecule has 0 saturated carbocycles. The molecule has 1 amide bonds. The fourth-order valence-electron chi connectivity index (χ4n) is 1.59. The average Bonchev–Trinajstić information content (AvgIpc) is 2.16. The Hall–Kier alpha value is -1.50. The molecule has 1 aliphatic rings. The third kappa shape index (κ3) is 3.93. The molecule has 4 nitrogen and oxygen atoms in total. The molecule has 1 rings (SSSR count). The van der Waals surface area contributed by atoms with Crippen molar-refractivity contribution in [1.82, 2.24) is 4.90 Å². The molecule has 0 aromatic carbocycles. The van der Waals surface area contributed by atoms with Gasteiger partial charge in [-0.2, -0.15) is 5.26 Å². The maximum atomic E-state index is 11.8. The molecular formula is C12H18N2O2. The summed E-state index contributed by atoms with van der Waals surface area (Å²) in [6, 6.07) is 2.00. The summed E-state index contributed by atoms with van der Waals surface area (Å²) in [6.07, 6.45) is 3.02. The van der Waals surface area contributed by atoms with Crippen molar-refractivity contribution in [2.75, 3.05) is 13.1 Å². The van der Waals surface area contributed by atoms with Gasteiger partial charge in [0, 0.05) is 19.2 Å². The minimum absolute atomic E-state index is 0.295. The predicted octanol–water partition coefficient (Wildman–Crippen LogP) is 2.47. The van der Waals surface area contributed by atoms with Gasteiger partial charge in [0.25, 0.3) is 0 Å². The van der Waals surface area contributed by atoms with Crippen LogP contribution in [0.5, 0.6) is 0 Å². The molecule has 0 aliphatic carbocycles. The second-order valence-electron chi connectivity index (χ2n) is 4.94. The van der Waals surface area contributed by atoms with Crippen LogP contribution in [0.4, 0.5) is 4.79 Å². The van der Waals surface area contributed by atoms with E-state index in [9.17, 15) is 4.79 Å². The van der Waals surface area contributed by atoms with E-state index in [2.05, 4.69) is 0 Å². The van der Waals surface area contributed by atoms with Crippen LogP contribution >= 0.6 is 0 Å². The van der Waals surface area contributed by atoms with Crippen LogP contribution in [0.2, 0.25) is 0 Å². The molecule has 0 N–H and O–H groups in total. The zero-order chi connectivity index (χ0) is 12.2. The molecule has 0 radical (unpaired) electrons. The number of rotatable bonds is 0. The Morgan fingerprint density at radius 3 is 2.81 bits per heavy atom. The van der Waals surface area contributed by atoms with E-state index in [-0.39, 0.29) is 6.09 Å². The van der Waals surface area contributed by atoms with Crippen molar-refractivity contribution in [2.24, 2.45) is 0 Å². The van der Waals surface area contributed by atoms with Gasteiger partial charge in [0.05, 0.1) is 6.07 Å². The molecule has 1 saturated heterocycles. The van der Waals surface area contributed by atoms with E-state index in [1.165, 1.54) is 6.08 Å². The topological polar surface area (TPSA) is 53.3 Å². The molecule has 0 bridgehead atoms. The van der Waals surface area contributed by atoms with Crippen molar-refractivity contribution < 1.29 is 9.53 Å². The highest BCUT2D eigenvalue weighted by Gasteiger charge is 2.24. The lowest BCUT2D eigenvalue weighted by Gasteiger charge is -2.30. The van der Waals surface area contributed by atoms with Gasteiger partial charge >= 0.3 is 6.09 Å². The third-order valence-corrected chi connectivity index (χ3v) is 2.24. The van der Waals surface area contributed by atoms with Gasteiger partial charge in [-0.1, -0.05) is 0 Å². The fourth-order valence-corrected chi connectivity index (χ4v) is 1.59. The molecule has 0 atom stereocenters. The van der Waals surface area contributed by atoms with Crippen molar-refractivity contribution >= 4 is 6.09 Å². The molecule has 0 unspecified atom stereocenters. The van der Waals surface area contributed by atoms with Gasteiger partial charge in [0.1, 0.15) is 5.60 Å². The summed E-state index contributed by atoms with van der Waals surface area (Å²) >= 11 is 0. The number of nitrogens with zero attached hydrogens (tertiary/aromatic N) is 2. The van der Waals surface area contributed by atoms with Crippen LogP contribution in [-0.4, -0.2) is 29.7 Å². The number of amides is 1. The Morgan fingerprint density at radius 2 is 2.25 bits per heavy atom. The zero-order valence-electron chi connectivity index (χ0n) is 10.1. The van der Waals surface area contributed by atoms with Crippen LogP contribution in [-0.2, 0) is 4.74 Å². The number of hydrogen-bond acceptors (Lipinski definition) is 3. The van der Waals surface area contributed by atoms with Crippen LogP contribution in [0.3, 0.4) is 0 Å². The summed E-state index contributed by atoms with van der Waals surface area (Å²) in [5.74, 6) is 0. The molecular weight excluding hydrogens is 204 g/mol. The van der Waals surface area contributed by atoms with E-state index in [0.29, 0.717) is 13.1 Å². The summed E-state index contributed by atoms with van der Waals surface area (Å²) in [4.78, 5) is 13.4. The number of carbonyl (C=O) groups is 1. The number of likely N-dealkylation sites (tertiary alicyclic amines) is 1. The SMILES string of the molecule is CC(C)(C)OC(=O)N1CCCC(=CC#N)C1. The molecule has 1 heterocycles. The summed E-state index contributed by atoms with van der Waals surface area (Å²) < 4.78 is 5.28. The maximum Gasteiger partial charge on any atom is 0.410 e. The number of allylic oxidation sites excluding steroid dienone is 1. The number of carbonyl (C=O) groups excluding carboxylic acids is 1. The first-order valence-electron chi connectivity index (χ1n) is 5.48. The molecule has 4 heteroatoms. The first kappa shape index (κ1) is 12.6. The summed E-state index contributed by atoms with van der Waals surface area (Å²) in [5, 5.41) is 8.57. The smallest absolute Gasteiger partial charge is 0.410 e. The highest BCUT2D eigenvalue weighted by atomic mass is 16.6. The highest BCUT2D eigenvalue weighted by Crippen LogP contribution is 2.18. The normalized spacial score (nSPS) is 19.4. The van der Waals surface area contributed by atoms with Gasteiger partial charge in [0.2, 0.25) is 0 Å². The molecule has 16 heavy (non-hydrogen) atoms. The number of piperidine rings is 1. The third-order valence-electron chi connectivity index (χ3n) is 2.24. The Kier molecular flexibility index (Phi) is 3.94. The first-order chi connectivity index (χ1) is 7.42. The number of nitriles is 1. The van der Waals surface area contributed by atoms with Crippen LogP contribution < -0.4 is 0 Å². The number of ether oxygens (including phenoxy) is 1. The fraction of sp³-hybridized carbons (Fsp3) is 0.667. The molecule has 0 aromatic heterocycles. The summed E-state index contributed by atoms with van der Waals surface area (Å²) in [7, 11) is 0. The minimum Gasteiger partial charge on any atom is -0.444 e. The standard InChI is InChI=1S/C12H18N2O2/c1-12(2,3)16-11(15)14-8-4-5-10(9-14)6-7-13/h6H,4-5,8-9H2,1-3H3. The maximum absolute atomic E-state index is 11.8. The first-order valence-corrected chi connectivity index (χ1v) is 5.48. The zero-order valence-corrected chi connectivity index (χ0v) is 10.1. The van der Waals surface area contributed by atoms with Gasteiger partial charge < -0.3 is 9.64 Å². The second-order valence-corrected chi connectivity index (χ2v) is 4.94. The van der Waals surface area contributed by atoms with Gasteiger partial charge in [-0.15, -0.1) is 0 Å². The van der Waals surface area contributed by atoms with E-state index in [1.807, 2.05) is 26.8 Å². The van der Waals surface area contributed by atoms with E-state index in [1.54, 1.807) is 4.90 Å². The van der Waals surface area contributed by atoms with Gasteiger partial charge in [0.15, 0.2) is 0 Å². The minimum atomic E-state index is -0.465. The lowest BCUT2D eigenvalue weighted by atomic mass is 10.1. The summed E-state index contributed by atoms with van der Waals surface area (Å²) in [6.45, 7) is 6.77. The van der Waals surface area contributed by atoms with Gasteiger partial charge in [-0.25, -0.2) is 4.79 Å². The van der Waals surface area contributed by atoms with Crippen LogP contribution in [0.1, 0.15) is 33.6 Å². The van der Waals surface area contributed by atoms with E-state index in [4.69, 9.17) is 10.00 Å². The molecule has 0 aromatic rings. The lowest BCUT2D eigenvalue weighted by Crippen LogP contribution is -2.40. The predicted molar refractivity (Wildman–Crippen MR) is 60.7 cm³/mol. The number of hydrogen-bond donors (Lipinski definition) is 0. The van der Waals surface area contributed by atoms with Crippen molar-refractivity contribution in [3.05, 3.63) is 11.6 Å². The van der Waals surface area contributed by atoms with Crippen molar-refractivity contribution in [3.8, 4) is 6.07 Å². The van der Waals surface area contributed by atoms with E-state index < -0.39 is 5.60 Å². The Bertz CT molecular complexity index is 334. The van der Waals surface area contributed by atoms with Crippen molar-refractivity contribution in [2.45, 2.75) is 39.2 Å². The monoisotopic (exact) mass is 222 g/mol. The quantitative estimate of drug-likeness (QED) is 0.591.